The van der Waals surface area contributed by atoms with Gasteiger partial charge in [0, 0.05) is 114 Å². The fourth-order valence-electron chi connectivity index (χ4n) is 11.4. The average Bonchev–Trinajstić information content (AvgIpc) is 4.19. The van der Waals surface area contributed by atoms with E-state index in [1.807, 2.05) is 45.3 Å². The molecule has 0 aliphatic heterocycles. The highest BCUT2D eigenvalue weighted by atomic mass is 32.1. The Kier molecular flexibility index (Phi) is 8.86. The maximum Gasteiger partial charge on any atom is 0.0540 e. The van der Waals surface area contributed by atoms with E-state index < -0.39 is 0 Å². The van der Waals surface area contributed by atoms with Crippen molar-refractivity contribution in [3.05, 3.63) is 231 Å². The van der Waals surface area contributed by atoms with Gasteiger partial charge in [-0.3, -0.25) is 0 Å². The molecule has 0 bridgehead atoms. The summed E-state index contributed by atoms with van der Waals surface area (Å²) in [6.45, 7) is 0. The van der Waals surface area contributed by atoms with E-state index in [9.17, 15) is 0 Å². The van der Waals surface area contributed by atoms with Crippen LogP contribution in [0.25, 0.3) is 113 Å². The van der Waals surface area contributed by atoms with Crippen LogP contribution in [0.4, 0.5) is 34.1 Å². The Morgan fingerprint density at radius 3 is 1.01 bits per heavy atom. The summed E-state index contributed by atoms with van der Waals surface area (Å²) in [6.07, 6.45) is 0. The molecule has 4 heterocycles. The Labute approximate surface area is 429 Å². The van der Waals surface area contributed by atoms with E-state index >= 15 is 0 Å². The maximum atomic E-state index is 2.46. The smallest absolute Gasteiger partial charge is 0.0540 e. The third-order valence-corrected chi connectivity index (χ3v) is 19.3. The summed E-state index contributed by atoms with van der Waals surface area (Å²) in [5, 5.41) is 17.9. The lowest BCUT2D eigenvalue weighted by Crippen LogP contribution is -2.10. The zero-order valence-corrected chi connectivity index (χ0v) is 41.7. The molecule has 12 aromatic carbocycles. The van der Waals surface area contributed by atoms with Gasteiger partial charge in [0.05, 0.1) is 11.4 Å². The van der Waals surface area contributed by atoms with Crippen molar-refractivity contribution < 1.29 is 0 Å². The molecule has 2 nitrogen and oxygen atoms in total. The van der Waals surface area contributed by atoms with Crippen molar-refractivity contribution in [2.24, 2.45) is 0 Å². The second-order valence-corrected chi connectivity index (χ2v) is 23.2. The molecular formula is C66H38N2S4. The topological polar surface area (TPSA) is 6.48 Å². The standard InChI is InChI=1S/C66H38N2S4/c1-3-15-47-39(11-1)13-9-19-57(47)67(43-25-29-61-55(35-43)49-17-5-7-21-59(49)69-61)45-23-27-51-53-31-41-34-64-54(32-42(41)33-63(53)71-65(51)37-45)52-28-24-46(38-66(52)72-64)68(58-20-10-14-40-12-2-4-16-48(40)58)44-26-30-62-56(36-44)50-18-6-8-22-60(50)70-62/h1-38H. The SMILES string of the molecule is c1ccc2c(N(c3ccc4c(c3)sc3cc5cc6c(cc5cc34)sc3cc(N(c4ccc5sc7ccccc7c5c4)c4cccc5ccccc45)ccc36)c3ccc4sc5ccccc5c4c3)cccc2c1. The lowest BCUT2D eigenvalue weighted by atomic mass is 10.0. The van der Waals surface area contributed by atoms with Crippen molar-refractivity contribution in [2.45, 2.75) is 0 Å². The van der Waals surface area contributed by atoms with Gasteiger partial charge in [0.15, 0.2) is 0 Å². The highest BCUT2D eigenvalue weighted by molar-refractivity contribution is 7.27. The van der Waals surface area contributed by atoms with Crippen LogP contribution >= 0.6 is 45.3 Å². The van der Waals surface area contributed by atoms with E-state index in [1.165, 1.54) is 124 Å². The van der Waals surface area contributed by atoms with Crippen LogP contribution in [0.3, 0.4) is 0 Å². The Hall–Kier alpha value is -8.10. The third kappa shape index (κ3) is 6.23. The molecule has 6 heteroatoms. The van der Waals surface area contributed by atoms with Crippen LogP contribution in [0, 0.1) is 0 Å². The van der Waals surface area contributed by atoms with Gasteiger partial charge in [0.2, 0.25) is 0 Å². The molecule has 0 fully saturated rings. The van der Waals surface area contributed by atoms with E-state index in [-0.39, 0.29) is 0 Å². The molecular weight excluding hydrogens is 949 g/mol. The van der Waals surface area contributed by atoms with Gasteiger partial charge in [0.25, 0.3) is 0 Å². The van der Waals surface area contributed by atoms with Crippen molar-refractivity contribution in [3.63, 3.8) is 0 Å². The minimum Gasteiger partial charge on any atom is -0.310 e. The van der Waals surface area contributed by atoms with Gasteiger partial charge >= 0.3 is 0 Å². The summed E-state index contributed by atoms with van der Waals surface area (Å²) in [6, 6.07) is 86.3. The fraction of sp³-hybridized carbons (Fsp3) is 0. The van der Waals surface area contributed by atoms with Crippen molar-refractivity contribution in [2.75, 3.05) is 9.80 Å². The van der Waals surface area contributed by atoms with Crippen LogP contribution in [-0.2, 0) is 0 Å². The molecule has 16 rings (SSSR count). The van der Waals surface area contributed by atoms with E-state index in [0.29, 0.717) is 0 Å². The van der Waals surface area contributed by atoms with Gasteiger partial charge < -0.3 is 9.80 Å². The van der Waals surface area contributed by atoms with Crippen LogP contribution in [0.2, 0.25) is 0 Å². The van der Waals surface area contributed by atoms with Crippen LogP contribution in [0.1, 0.15) is 0 Å². The molecule has 336 valence electrons. The molecule has 0 N–H and O–H groups in total. The number of benzene rings is 12. The average molecular weight is 987 g/mol. The Morgan fingerprint density at radius 2 is 0.528 bits per heavy atom. The summed E-state index contributed by atoms with van der Waals surface area (Å²) >= 11 is 7.52. The quantitative estimate of drug-likeness (QED) is 0.164. The van der Waals surface area contributed by atoms with Gasteiger partial charge in [-0.05, 0) is 131 Å². The summed E-state index contributed by atoms with van der Waals surface area (Å²) in [4.78, 5) is 4.93. The summed E-state index contributed by atoms with van der Waals surface area (Å²) in [5.41, 5.74) is 6.96. The predicted molar refractivity (Wildman–Crippen MR) is 320 cm³/mol. The van der Waals surface area contributed by atoms with Crippen molar-refractivity contribution in [3.8, 4) is 0 Å². The van der Waals surface area contributed by atoms with Crippen molar-refractivity contribution in [1.82, 2.24) is 0 Å². The number of hydrogen-bond acceptors (Lipinski definition) is 6. The second kappa shape index (κ2) is 15.7. The summed E-state index contributed by atoms with van der Waals surface area (Å²) in [7, 11) is 0. The van der Waals surface area contributed by atoms with E-state index in [2.05, 4.69) is 240 Å². The van der Waals surface area contributed by atoms with Gasteiger partial charge in [-0.15, -0.1) is 45.3 Å². The summed E-state index contributed by atoms with van der Waals surface area (Å²) in [5.74, 6) is 0. The number of fused-ring (bicyclic) bond motifs is 15. The van der Waals surface area contributed by atoms with Gasteiger partial charge in [0.1, 0.15) is 0 Å². The van der Waals surface area contributed by atoms with E-state index in [0.717, 1.165) is 22.7 Å². The molecule has 0 radical (unpaired) electrons. The molecule has 0 unspecified atom stereocenters. The molecule has 0 spiro atoms. The summed E-state index contributed by atoms with van der Waals surface area (Å²) < 4.78 is 10.4. The zero-order valence-electron chi connectivity index (χ0n) is 38.5. The molecule has 0 amide bonds. The van der Waals surface area contributed by atoms with E-state index in [4.69, 9.17) is 0 Å². The molecule has 72 heavy (non-hydrogen) atoms. The molecule has 4 aromatic heterocycles. The van der Waals surface area contributed by atoms with Crippen molar-refractivity contribution in [1.29, 1.82) is 0 Å². The number of rotatable bonds is 6. The fourth-order valence-corrected chi connectivity index (χ4v) is 15.9. The first kappa shape index (κ1) is 40.6. The monoisotopic (exact) mass is 986 g/mol. The highest BCUT2D eigenvalue weighted by Crippen LogP contribution is 2.48. The number of hydrogen-bond donors (Lipinski definition) is 0. The van der Waals surface area contributed by atoms with Crippen LogP contribution in [0.5, 0.6) is 0 Å². The minimum atomic E-state index is 1.15. The Morgan fingerprint density at radius 1 is 0.194 bits per heavy atom. The lowest BCUT2D eigenvalue weighted by Gasteiger charge is -2.27. The Balaban J connectivity index is 0.822. The van der Waals surface area contributed by atoms with Crippen molar-refractivity contribution >= 4 is 192 Å². The highest BCUT2D eigenvalue weighted by Gasteiger charge is 2.21. The lowest BCUT2D eigenvalue weighted by molar-refractivity contribution is 1.31. The molecule has 0 saturated heterocycles. The number of nitrogens with zero attached hydrogens (tertiary/aromatic N) is 2. The molecule has 16 aromatic rings. The van der Waals surface area contributed by atoms with Crippen LogP contribution < -0.4 is 9.80 Å². The first-order valence-electron chi connectivity index (χ1n) is 24.3. The second-order valence-electron chi connectivity index (χ2n) is 18.8. The maximum absolute atomic E-state index is 2.46. The predicted octanol–water partition coefficient (Wildman–Crippen LogP) is 21.6. The van der Waals surface area contributed by atoms with Gasteiger partial charge in [-0.25, -0.2) is 0 Å². The first-order chi connectivity index (χ1) is 35.6. The molecule has 0 atom stereocenters. The number of anilines is 6. The van der Waals surface area contributed by atoms with Crippen LogP contribution in [-0.4, -0.2) is 0 Å². The number of thiophene rings is 4. The first-order valence-corrected chi connectivity index (χ1v) is 27.5. The Bertz CT molecular complexity index is 4590. The molecule has 0 aliphatic carbocycles. The normalized spacial score (nSPS) is 12.2. The zero-order chi connectivity index (χ0) is 47.0. The molecule has 0 saturated carbocycles. The third-order valence-electron chi connectivity index (χ3n) is 14.8. The minimum absolute atomic E-state index is 1.15. The largest absolute Gasteiger partial charge is 0.310 e. The van der Waals surface area contributed by atoms with Gasteiger partial charge in [-0.1, -0.05) is 121 Å². The molecule has 0 aliphatic rings. The van der Waals surface area contributed by atoms with Crippen LogP contribution in [0.15, 0.2) is 231 Å². The van der Waals surface area contributed by atoms with Gasteiger partial charge in [-0.2, -0.15) is 0 Å². The van der Waals surface area contributed by atoms with E-state index in [1.54, 1.807) is 0 Å².